The van der Waals surface area contributed by atoms with E-state index in [1.54, 1.807) is 12.1 Å². The van der Waals surface area contributed by atoms with Gasteiger partial charge in [0.05, 0.1) is 16.6 Å². The van der Waals surface area contributed by atoms with Gasteiger partial charge >= 0.3 is 6.18 Å². The Hall–Kier alpha value is -4.64. The molecule has 46 heavy (non-hydrogen) atoms. The fourth-order valence-corrected chi connectivity index (χ4v) is 6.57. The van der Waals surface area contributed by atoms with E-state index >= 15 is 0 Å². The molecule has 7 rings (SSSR count). The molecule has 3 aliphatic heterocycles. The summed E-state index contributed by atoms with van der Waals surface area (Å²) in [5, 5.41) is 3.38. The van der Waals surface area contributed by atoms with E-state index in [-0.39, 0.29) is 31.0 Å². The second-order valence-corrected chi connectivity index (χ2v) is 12.0. The number of halogens is 3. The van der Waals surface area contributed by atoms with Crippen LogP contribution in [0.15, 0.2) is 66.7 Å². The minimum atomic E-state index is -4.44. The van der Waals surface area contributed by atoms with Crippen molar-refractivity contribution in [3.05, 3.63) is 89.1 Å². The highest BCUT2D eigenvalue weighted by atomic mass is 19.4. The fraction of sp³-hybridized carbons (Fsp3) is 0.343. The lowest BCUT2D eigenvalue weighted by atomic mass is 9.99. The Morgan fingerprint density at radius 1 is 0.870 bits per heavy atom. The molecule has 0 radical (unpaired) electrons. The zero-order chi connectivity index (χ0) is 31.8. The Morgan fingerprint density at radius 3 is 2.39 bits per heavy atom. The van der Waals surface area contributed by atoms with Crippen molar-refractivity contribution in [2.75, 3.05) is 33.0 Å². The number of benzene rings is 3. The highest BCUT2D eigenvalue weighted by Crippen LogP contribution is 2.37. The van der Waals surface area contributed by atoms with Crippen molar-refractivity contribution in [3.8, 4) is 22.6 Å². The van der Waals surface area contributed by atoms with E-state index < -0.39 is 17.6 Å². The molecule has 3 aromatic carbocycles. The van der Waals surface area contributed by atoms with Crippen LogP contribution in [0.2, 0.25) is 0 Å². The monoisotopic (exact) mass is 630 g/mol. The Labute approximate surface area is 264 Å². The number of rotatable bonds is 7. The summed E-state index contributed by atoms with van der Waals surface area (Å²) in [6, 6.07) is 17.5. The van der Waals surface area contributed by atoms with E-state index in [2.05, 4.69) is 15.2 Å². The zero-order valence-corrected chi connectivity index (χ0v) is 25.1. The second-order valence-electron chi connectivity index (χ2n) is 12.0. The average Bonchev–Trinajstić information content (AvgIpc) is 3.85. The maximum absolute atomic E-state index is 14.3. The highest BCUT2D eigenvalue weighted by Gasteiger charge is 2.33. The molecule has 0 aliphatic carbocycles. The molecular formula is C35H33F3N4O4. The number of nitrogens with one attached hydrogen (secondary N) is 1. The van der Waals surface area contributed by atoms with Crippen LogP contribution in [0.1, 0.15) is 57.7 Å². The Morgan fingerprint density at radius 2 is 1.61 bits per heavy atom. The zero-order valence-electron chi connectivity index (χ0n) is 25.1. The molecule has 0 unspecified atom stereocenters. The molecule has 2 saturated heterocycles. The smallest absolute Gasteiger partial charge is 0.416 e. The Bertz CT molecular complexity index is 1790. The molecule has 4 heterocycles. The van der Waals surface area contributed by atoms with Gasteiger partial charge in [-0.25, -0.2) is 4.98 Å². The third-order valence-electron chi connectivity index (χ3n) is 9.02. The molecule has 8 nitrogen and oxygen atoms in total. The molecule has 0 bridgehead atoms. The van der Waals surface area contributed by atoms with Crippen molar-refractivity contribution in [2.24, 2.45) is 0 Å². The molecule has 4 aromatic rings. The predicted molar refractivity (Wildman–Crippen MR) is 166 cm³/mol. The van der Waals surface area contributed by atoms with Gasteiger partial charge in [0, 0.05) is 31.1 Å². The molecule has 2 amide bonds. The van der Waals surface area contributed by atoms with Crippen LogP contribution < -0.4 is 14.8 Å². The van der Waals surface area contributed by atoms with Crippen LogP contribution in [-0.4, -0.2) is 65.6 Å². The van der Waals surface area contributed by atoms with E-state index in [4.69, 9.17) is 9.47 Å². The van der Waals surface area contributed by atoms with Crippen LogP contribution >= 0.6 is 0 Å². The summed E-state index contributed by atoms with van der Waals surface area (Å²) >= 11 is 0. The van der Waals surface area contributed by atoms with Crippen molar-refractivity contribution < 1.29 is 32.2 Å². The highest BCUT2D eigenvalue weighted by molar-refractivity contribution is 6.09. The van der Waals surface area contributed by atoms with Gasteiger partial charge in [-0.2, -0.15) is 13.2 Å². The third-order valence-corrected chi connectivity index (χ3v) is 9.02. The first kappa shape index (κ1) is 30.0. The molecule has 0 saturated carbocycles. The maximum Gasteiger partial charge on any atom is 0.416 e. The summed E-state index contributed by atoms with van der Waals surface area (Å²) < 4.78 is 50.0. The quantitative estimate of drug-likeness (QED) is 0.259. The molecule has 1 atom stereocenters. The Balaban J connectivity index is 1.21. The molecule has 1 N–H and O–H groups in total. The standard InChI is InChI=1S/C35H33F3N4O4/c36-35(37,38)25-9-5-22(6-10-25)19-39-33(43)30-18-28(34(44)42-15-3-4-26(42)20-41-13-1-2-14-41)27-16-23(7-11-29(27)40-30)24-8-12-31-32(17-24)46-21-45-31/h5-12,16-18,26H,1-4,13-15,19-21H2,(H,39,43)/t26-/m0/s1. The first-order chi connectivity index (χ1) is 22.2. The van der Waals surface area contributed by atoms with Crippen LogP contribution in [0.5, 0.6) is 11.5 Å². The van der Waals surface area contributed by atoms with E-state index in [1.165, 1.54) is 25.0 Å². The predicted octanol–water partition coefficient (Wildman–Crippen LogP) is 6.28. The lowest BCUT2D eigenvalue weighted by Crippen LogP contribution is -2.42. The van der Waals surface area contributed by atoms with Crippen molar-refractivity contribution in [3.63, 3.8) is 0 Å². The summed E-state index contributed by atoms with van der Waals surface area (Å²) in [4.78, 5) is 36.7. The van der Waals surface area contributed by atoms with Gasteiger partial charge < -0.3 is 24.6 Å². The van der Waals surface area contributed by atoms with Crippen LogP contribution in [0.3, 0.4) is 0 Å². The van der Waals surface area contributed by atoms with Crippen LogP contribution in [0, 0.1) is 0 Å². The molecule has 11 heteroatoms. The fourth-order valence-electron chi connectivity index (χ4n) is 6.57. The van der Waals surface area contributed by atoms with Crippen molar-refractivity contribution in [2.45, 2.75) is 44.4 Å². The lowest BCUT2D eigenvalue weighted by Gasteiger charge is -2.29. The van der Waals surface area contributed by atoms with Gasteiger partial charge in [-0.1, -0.05) is 24.3 Å². The number of likely N-dealkylation sites (tertiary alicyclic amines) is 2. The van der Waals surface area contributed by atoms with E-state index in [0.29, 0.717) is 40.1 Å². The third kappa shape index (κ3) is 6.11. The topological polar surface area (TPSA) is 84.0 Å². The van der Waals surface area contributed by atoms with E-state index in [0.717, 1.165) is 55.7 Å². The number of alkyl halides is 3. The second kappa shape index (κ2) is 12.3. The summed E-state index contributed by atoms with van der Waals surface area (Å²) in [7, 11) is 0. The van der Waals surface area contributed by atoms with Gasteiger partial charge in [0.1, 0.15) is 5.69 Å². The maximum atomic E-state index is 14.3. The first-order valence-electron chi connectivity index (χ1n) is 15.6. The number of hydrogen-bond donors (Lipinski definition) is 1. The number of hydrogen-bond acceptors (Lipinski definition) is 6. The number of carbonyl (C=O) groups excluding carboxylic acids is 2. The first-order valence-corrected chi connectivity index (χ1v) is 15.6. The van der Waals surface area contributed by atoms with Crippen LogP contribution in [0.4, 0.5) is 13.2 Å². The number of pyridine rings is 1. The number of ether oxygens (including phenoxy) is 2. The average molecular weight is 631 g/mol. The summed E-state index contributed by atoms with van der Waals surface area (Å²) in [5.74, 6) is 0.653. The van der Waals surface area contributed by atoms with Crippen LogP contribution in [-0.2, 0) is 12.7 Å². The van der Waals surface area contributed by atoms with E-state index in [9.17, 15) is 22.8 Å². The number of fused-ring (bicyclic) bond motifs is 2. The van der Waals surface area contributed by atoms with Crippen molar-refractivity contribution in [1.29, 1.82) is 0 Å². The number of carbonyl (C=O) groups is 2. The molecular weight excluding hydrogens is 597 g/mol. The van der Waals surface area contributed by atoms with Gasteiger partial charge in [-0.15, -0.1) is 0 Å². The van der Waals surface area contributed by atoms with Crippen molar-refractivity contribution in [1.82, 2.24) is 20.1 Å². The summed E-state index contributed by atoms with van der Waals surface area (Å²) in [6.45, 7) is 3.72. The number of amides is 2. The molecule has 0 spiro atoms. The number of nitrogens with zero attached hydrogens (tertiary/aromatic N) is 3. The largest absolute Gasteiger partial charge is 0.454 e. The summed E-state index contributed by atoms with van der Waals surface area (Å²) in [6.07, 6.45) is -0.262. The Kier molecular flexibility index (Phi) is 8.02. The lowest BCUT2D eigenvalue weighted by molar-refractivity contribution is -0.137. The molecule has 3 aliphatic rings. The summed E-state index contributed by atoms with van der Waals surface area (Å²) in [5.41, 5.74) is 2.44. The van der Waals surface area contributed by atoms with Gasteiger partial charge in [0.25, 0.3) is 11.8 Å². The minimum absolute atomic E-state index is 0.00700. The van der Waals surface area contributed by atoms with Gasteiger partial charge in [-0.3, -0.25) is 9.59 Å². The SMILES string of the molecule is O=C(NCc1ccc(C(F)(F)F)cc1)c1cc(C(=O)N2CCC[C@H]2CN2CCCC2)c2cc(-c3ccc4c(c3)OCO4)ccc2n1. The van der Waals surface area contributed by atoms with Gasteiger partial charge in [0.2, 0.25) is 6.79 Å². The molecule has 238 valence electrons. The van der Waals surface area contributed by atoms with Gasteiger partial charge in [0.15, 0.2) is 11.5 Å². The van der Waals surface area contributed by atoms with Crippen LogP contribution in [0.25, 0.3) is 22.0 Å². The normalized spacial score (nSPS) is 18.0. The minimum Gasteiger partial charge on any atom is -0.454 e. The van der Waals surface area contributed by atoms with Crippen molar-refractivity contribution >= 4 is 22.7 Å². The number of aromatic nitrogens is 1. The van der Waals surface area contributed by atoms with Gasteiger partial charge in [-0.05, 0) is 97.9 Å². The van der Waals surface area contributed by atoms with E-state index in [1.807, 2.05) is 35.2 Å². The molecule has 2 fully saturated rings. The molecule has 1 aromatic heterocycles.